The molecule has 4 aromatic carbocycles. The zero-order chi connectivity index (χ0) is 29.2. The van der Waals surface area contributed by atoms with Crippen LogP contribution in [-0.4, -0.2) is 23.5 Å². The largest absolute Gasteiger partial charge is 0.496 e. The number of para-hydroxylation sites is 1. The van der Waals surface area contributed by atoms with Gasteiger partial charge >= 0.3 is 0 Å². The van der Waals surface area contributed by atoms with Crippen molar-refractivity contribution in [3.8, 4) is 16.9 Å². The number of amides is 2. The summed E-state index contributed by atoms with van der Waals surface area (Å²) in [7, 11) is 1.63. The van der Waals surface area contributed by atoms with Crippen LogP contribution in [0.2, 0.25) is 0 Å². The van der Waals surface area contributed by atoms with Crippen LogP contribution in [0.4, 0.5) is 5.69 Å². The third-order valence-electron chi connectivity index (χ3n) is 7.90. The molecule has 1 aliphatic rings. The maximum Gasteiger partial charge on any atom is 0.268 e. The number of hydrogen-bond donors (Lipinski definition) is 1. The first-order valence-corrected chi connectivity index (χ1v) is 14.1. The Bertz CT molecular complexity index is 1800. The van der Waals surface area contributed by atoms with Crippen molar-refractivity contribution < 1.29 is 14.3 Å². The van der Waals surface area contributed by atoms with Crippen molar-refractivity contribution in [3.63, 3.8) is 0 Å². The lowest BCUT2D eigenvalue weighted by molar-refractivity contribution is 0.0941. The molecule has 0 unspecified atom stereocenters. The zero-order valence-corrected chi connectivity index (χ0v) is 24.1. The van der Waals surface area contributed by atoms with E-state index in [1.165, 1.54) is 0 Å². The van der Waals surface area contributed by atoms with Crippen molar-refractivity contribution in [1.29, 1.82) is 0 Å². The topological polar surface area (TPSA) is 63.6 Å². The Hall–Kier alpha value is -5.10. The molecule has 6 rings (SSSR count). The van der Waals surface area contributed by atoms with E-state index >= 15 is 0 Å². The highest BCUT2D eigenvalue weighted by molar-refractivity contribution is 6.07. The third-order valence-corrected chi connectivity index (χ3v) is 7.90. The van der Waals surface area contributed by atoms with Gasteiger partial charge in [-0.25, -0.2) is 0 Å². The Kier molecular flexibility index (Phi) is 7.36. The highest BCUT2D eigenvalue weighted by atomic mass is 16.5. The molecule has 6 heteroatoms. The van der Waals surface area contributed by atoms with Crippen LogP contribution in [0.1, 0.15) is 48.8 Å². The van der Waals surface area contributed by atoms with Gasteiger partial charge in [-0.1, -0.05) is 72.3 Å². The number of nitrogens with one attached hydrogen (secondary N) is 1. The highest BCUT2D eigenvalue weighted by Gasteiger charge is 2.28. The van der Waals surface area contributed by atoms with Crippen molar-refractivity contribution in [2.24, 2.45) is 0 Å². The van der Waals surface area contributed by atoms with Crippen molar-refractivity contribution >= 4 is 17.5 Å². The molecule has 1 aromatic heterocycles. The molecule has 0 aliphatic carbocycles. The molecular weight excluding hydrogens is 522 g/mol. The van der Waals surface area contributed by atoms with Crippen LogP contribution in [0.15, 0.2) is 103 Å². The molecule has 42 heavy (non-hydrogen) atoms. The van der Waals surface area contributed by atoms with Crippen LogP contribution in [0, 0.1) is 13.8 Å². The van der Waals surface area contributed by atoms with Crippen LogP contribution in [-0.2, 0) is 19.6 Å². The molecule has 1 N–H and O–H groups in total. The molecule has 210 valence electrons. The van der Waals surface area contributed by atoms with Gasteiger partial charge in [-0.2, -0.15) is 0 Å². The number of carbonyl (C=O) groups excluding carboxylic acids is 2. The minimum absolute atomic E-state index is 0.128. The molecule has 0 saturated carbocycles. The SMILES string of the molecule is COc1cc(C(=O)N2Cc3ccc(C(=O)NCc4cccc(C)c4)n3Cc3ccccc32)ccc1-c1ccccc1C. The predicted molar refractivity (Wildman–Crippen MR) is 166 cm³/mol. The highest BCUT2D eigenvalue weighted by Crippen LogP contribution is 2.35. The lowest BCUT2D eigenvalue weighted by Gasteiger charge is -2.23. The summed E-state index contributed by atoms with van der Waals surface area (Å²) in [4.78, 5) is 29.2. The molecule has 6 nitrogen and oxygen atoms in total. The molecular formula is C36H33N3O3. The van der Waals surface area contributed by atoms with E-state index in [0.717, 1.165) is 44.8 Å². The van der Waals surface area contributed by atoms with Crippen molar-refractivity contribution in [2.45, 2.75) is 33.5 Å². The van der Waals surface area contributed by atoms with Gasteiger partial charge in [-0.15, -0.1) is 0 Å². The number of methoxy groups -OCH3 is 1. The van der Waals surface area contributed by atoms with E-state index in [1.807, 2.05) is 96.4 Å². The summed E-state index contributed by atoms with van der Waals surface area (Å²) < 4.78 is 7.77. The van der Waals surface area contributed by atoms with Gasteiger partial charge in [0.1, 0.15) is 11.4 Å². The van der Waals surface area contributed by atoms with Gasteiger partial charge in [0.2, 0.25) is 0 Å². The number of fused-ring (bicyclic) bond motifs is 2. The first-order chi connectivity index (χ1) is 20.4. The second-order valence-corrected chi connectivity index (χ2v) is 10.7. The quantitative estimate of drug-likeness (QED) is 0.247. The average molecular weight is 556 g/mol. The molecule has 2 heterocycles. The number of benzene rings is 4. The third kappa shape index (κ3) is 5.19. The maximum atomic E-state index is 14.1. The Labute approximate surface area is 246 Å². The smallest absolute Gasteiger partial charge is 0.268 e. The monoisotopic (exact) mass is 555 g/mol. The molecule has 0 bridgehead atoms. The number of hydrogen-bond acceptors (Lipinski definition) is 3. The van der Waals surface area contributed by atoms with E-state index < -0.39 is 0 Å². The van der Waals surface area contributed by atoms with Crippen molar-refractivity contribution in [2.75, 3.05) is 12.0 Å². The standard InChI is InChI=1S/C36H33N3O3/c1-24-9-8-11-26(19-24)21-37-35(40)33-18-16-29-23-39(32-14-7-5-12-28(32)22-38(29)33)36(41)27-15-17-31(34(20-27)42-3)30-13-6-4-10-25(30)2/h4-20H,21-23H2,1-3H3,(H,37,40). The van der Waals surface area contributed by atoms with E-state index in [-0.39, 0.29) is 11.8 Å². The molecule has 5 aromatic rings. The fraction of sp³-hybridized carbons (Fsp3) is 0.167. The number of aromatic nitrogens is 1. The average Bonchev–Trinajstić information content (AvgIpc) is 3.32. The van der Waals surface area contributed by atoms with E-state index in [4.69, 9.17) is 4.74 Å². The molecule has 0 atom stereocenters. The number of carbonyl (C=O) groups is 2. The molecule has 0 saturated heterocycles. The van der Waals surface area contributed by atoms with E-state index in [0.29, 0.717) is 36.6 Å². The first kappa shape index (κ1) is 27.1. The Morgan fingerprint density at radius 3 is 2.43 bits per heavy atom. The Morgan fingerprint density at radius 1 is 0.810 bits per heavy atom. The van der Waals surface area contributed by atoms with Crippen LogP contribution >= 0.6 is 0 Å². The summed E-state index contributed by atoms with van der Waals surface area (Å²) in [5, 5.41) is 3.06. The van der Waals surface area contributed by atoms with Gasteiger partial charge in [0, 0.05) is 29.1 Å². The van der Waals surface area contributed by atoms with Crippen molar-refractivity contribution in [1.82, 2.24) is 9.88 Å². The van der Waals surface area contributed by atoms with Gasteiger partial charge in [-0.3, -0.25) is 9.59 Å². The van der Waals surface area contributed by atoms with Gasteiger partial charge in [-0.05, 0) is 72.5 Å². The number of aryl methyl sites for hydroxylation is 2. The molecule has 2 amide bonds. The summed E-state index contributed by atoms with van der Waals surface area (Å²) in [6, 6.07) is 33.6. The van der Waals surface area contributed by atoms with Gasteiger partial charge in [0.15, 0.2) is 0 Å². The summed E-state index contributed by atoms with van der Waals surface area (Å²) in [5.41, 5.74) is 9.16. The minimum atomic E-state index is -0.142. The fourth-order valence-electron chi connectivity index (χ4n) is 5.71. The van der Waals surface area contributed by atoms with Crippen LogP contribution < -0.4 is 15.0 Å². The van der Waals surface area contributed by atoms with Crippen LogP contribution in [0.25, 0.3) is 11.1 Å². The number of anilines is 1. The maximum absolute atomic E-state index is 14.1. The summed E-state index contributed by atoms with van der Waals surface area (Å²) in [6.07, 6.45) is 0. The van der Waals surface area contributed by atoms with E-state index in [1.54, 1.807) is 12.0 Å². The zero-order valence-electron chi connectivity index (χ0n) is 24.1. The van der Waals surface area contributed by atoms with E-state index in [2.05, 4.69) is 30.4 Å². The lowest BCUT2D eigenvalue weighted by Crippen LogP contribution is -2.30. The van der Waals surface area contributed by atoms with Gasteiger partial charge in [0.05, 0.1) is 20.2 Å². The second kappa shape index (κ2) is 11.4. The van der Waals surface area contributed by atoms with Crippen molar-refractivity contribution in [3.05, 3.63) is 142 Å². The van der Waals surface area contributed by atoms with E-state index in [9.17, 15) is 9.59 Å². The number of rotatable bonds is 6. The first-order valence-electron chi connectivity index (χ1n) is 14.1. The molecule has 0 spiro atoms. The second-order valence-electron chi connectivity index (χ2n) is 10.7. The van der Waals surface area contributed by atoms with Crippen LogP contribution in [0.3, 0.4) is 0 Å². The number of nitrogens with zero attached hydrogens (tertiary/aromatic N) is 2. The summed E-state index contributed by atoms with van der Waals surface area (Å²) in [6.45, 7) is 5.38. The number of ether oxygens (including phenoxy) is 1. The molecule has 1 aliphatic heterocycles. The normalized spacial score (nSPS) is 12.2. The van der Waals surface area contributed by atoms with Gasteiger partial charge < -0.3 is 19.5 Å². The Morgan fingerprint density at radius 2 is 1.62 bits per heavy atom. The molecule has 0 radical (unpaired) electrons. The Balaban J connectivity index is 1.31. The summed E-state index contributed by atoms with van der Waals surface area (Å²) in [5.74, 6) is 0.378. The van der Waals surface area contributed by atoms with Gasteiger partial charge in [0.25, 0.3) is 11.8 Å². The van der Waals surface area contributed by atoms with Crippen LogP contribution in [0.5, 0.6) is 5.75 Å². The lowest BCUT2D eigenvalue weighted by atomic mass is 9.98. The predicted octanol–water partition coefficient (Wildman–Crippen LogP) is 6.92. The minimum Gasteiger partial charge on any atom is -0.496 e. The molecule has 0 fully saturated rings. The fourth-order valence-corrected chi connectivity index (χ4v) is 5.71. The summed E-state index contributed by atoms with van der Waals surface area (Å²) >= 11 is 0.